The summed E-state index contributed by atoms with van der Waals surface area (Å²) in [6.45, 7) is 6.54. The molecule has 1 N–H and O–H groups in total. The van der Waals surface area contributed by atoms with E-state index < -0.39 is 0 Å². The van der Waals surface area contributed by atoms with Crippen molar-refractivity contribution in [2.75, 3.05) is 33.2 Å². The molecule has 0 radical (unpaired) electrons. The molecule has 1 heterocycles. The van der Waals surface area contributed by atoms with Crippen molar-refractivity contribution < 1.29 is 0 Å². The highest BCUT2D eigenvalue weighted by molar-refractivity contribution is 4.89. The van der Waals surface area contributed by atoms with Crippen LogP contribution in [0.25, 0.3) is 0 Å². The van der Waals surface area contributed by atoms with Crippen LogP contribution in [-0.4, -0.2) is 38.1 Å². The molecule has 1 saturated heterocycles. The maximum atomic E-state index is 5.19. The van der Waals surface area contributed by atoms with Crippen molar-refractivity contribution in [3.8, 4) is 12.3 Å². The van der Waals surface area contributed by atoms with Gasteiger partial charge in [-0.3, -0.25) is 0 Å². The van der Waals surface area contributed by atoms with Gasteiger partial charge in [-0.05, 0) is 38.4 Å². The molecule has 0 unspecified atom stereocenters. The van der Waals surface area contributed by atoms with Gasteiger partial charge in [-0.15, -0.1) is 6.42 Å². The van der Waals surface area contributed by atoms with Gasteiger partial charge in [-0.2, -0.15) is 0 Å². The molecule has 0 amide bonds. The third-order valence-corrected chi connectivity index (χ3v) is 2.97. The first-order valence-corrected chi connectivity index (χ1v) is 4.99. The summed E-state index contributed by atoms with van der Waals surface area (Å²) in [6, 6.07) is 0. The largest absolute Gasteiger partial charge is 0.306 e. The third-order valence-electron chi connectivity index (χ3n) is 2.97. The summed E-state index contributed by atoms with van der Waals surface area (Å²) in [5.41, 5.74) is 0.462. The minimum absolute atomic E-state index is 0.462. The minimum Gasteiger partial charge on any atom is -0.306 e. The van der Waals surface area contributed by atoms with E-state index in [1.165, 1.54) is 25.9 Å². The lowest BCUT2D eigenvalue weighted by molar-refractivity contribution is 0.138. The predicted octanol–water partition coefficient (Wildman–Crippen LogP) is 0.941. The Labute approximate surface area is 81.7 Å². The number of piperidine rings is 1. The lowest BCUT2D eigenvalue weighted by Gasteiger charge is -2.37. The molecule has 0 atom stereocenters. The fourth-order valence-corrected chi connectivity index (χ4v) is 1.77. The third kappa shape index (κ3) is 3.38. The lowest BCUT2D eigenvalue weighted by Crippen LogP contribution is -2.42. The van der Waals surface area contributed by atoms with Crippen LogP contribution in [0.2, 0.25) is 0 Å². The second-order valence-corrected chi connectivity index (χ2v) is 4.42. The SMILES string of the molecule is C#CCNCC1(C)CCN(C)CC1. The Bertz CT molecular complexity index is 185. The molecule has 1 rings (SSSR count). The van der Waals surface area contributed by atoms with E-state index in [4.69, 9.17) is 6.42 Å². The molecule has 0 spiro atoms. The van der Waals surface area contributed by atoms with E-state index in [1.54, 1.807) is 0 Å². The van der Waals surface area contributed by atoms with Crippen molar-refractivity contribution in [3.63, 3.8) is 0 Å². The molecule has 0 saturated carbocycles. The monoisotopic (exact) mass is 180 g/mol. The molecule has 2 nitrogen and oxygen atoms in total. The Kier molecular flexibility index (Phi) is 3.77. The first kappa shape index (κ1) is 10.6. The molecule has 0 aromatic rings. The van der Waals surface area contributed by atoms with Crippen LogP contribution in [0.1, 0.15) is 19.8 Å². The Morgan fingerprint density at radius 1 is 1.46 bits per heavy atom. The maximum Gasteiger partial charge on any atom is 0.0574 e. The molecule has 74 valence electrons. The predicted molar refractivity (Wildman–Crippen MR) is 56.5 cm³/mol. The molecule has 0 aromatic heterocycles. The van der Waals surface area contributed by atoms with Gasteiger partial charge in [-0.25, -0.2) is 0 Å². The molecule has 13 heavy (non-hydrogen) atoms. The molecule has 1 fully saturated rings. The zero-order chi connectivity index (χ0) is 9.73. The number of rotatable bonds is 3. The van der Waals surface area contributed by atoms with Gasteiger partial charge in [0.2, 0.25) is 0 Å². The molecular formula is C11H20N2. The quantitative estimate of drug-likeness (QED) is 0.514. The summed E-state index contributed by atoms with van der Waals surface area (Å²) in [5, 5.41) is 3.31. The average molecular weight is 180 g/mol. The van der Waals surface area contributed by atoms with E-state index >= 15 is 0 Å². The van der Waals surface area contributed by atoms with Crippen molar-refractivity contribution in [1.29, 1.82) is 0 Å². The smallest absolute Gasteiger partial charge is 0.0574 e. The molecule has 1 aliphatic rings. The van der Waals surface area contributed by atoms with Crippen LogP contribution >= 0.6 is 0 Å². The van der Waals surface area contributed by atoms with Crippen molar-refractivity contribution in [3.05, 3.63) is 0 Å². The fourth-order valence-electron chi connectivity index (χ4n) is 1.77. The maximum absolute atomic E-state index is 5.19. The Morgan fingerprint density at radius 2 is 2.08 bits per heavy atom. The van der Waals surface area contributed by atoms with Gasteiger partial charge in [0.15, 0.2) is 0 Å². The van der Waals surface area contributed by atoms with Crippen LogP contribution in [0, 0.1) is 17.8 Å². The number of likely N-dealkylation sites (tertiary alicyclic amines) is 1. The van der Waals surface area contributed by atoms with Gasteiger partial charge in [0.25, 0.3) is 0 Å². The summed E-state index contributed by atoms with van der Waals surface area (Å²) in [6.07, 6.45) is 7.75. The van der Waals surface area contributed by atoms with E-state index in [-0.39, 0.29) is 0 Å². The lowest BCUT2D eigenvalue weighted by atomic mass is 9.80. The molecule has 1 aliphatic heterocycles. The van der Waals surface area contributed by atoms with Crippen LogP contribution < -0.4 is 5.32 Å². The van der Waals surface area contributed by atoms with Gasteiger partial charge in [0.1, 0.15) is 0 Å². The normalized spacial score (nSPS) is 22.5. The summed E-state index contributed by atoms with van der Waals surface area (Å²) >= 11 is 0. The summed E-state index contributed by atoms with van der Waals surface area (Å²) in [7, 11) is 2.19. The first-order valence-electron chi connectivity index (χ1n) is 4.99. The van der Waals surface area contributed by atoms with Gasteiger partial charge < -0.3 is 10.2 Å². The van der Waals surface area contributed by atoms with E-state index in [2.05, 4.69) is 30.1 Å². The highest BCUT2D eigenvalue weighted by Crippen LogP contribution is 2.29. The Balaban J connectivity index is 2.27. The minimum atomic E-state index is 0.462. The zero-order valence-electron chi connectivity index (χ0n) is 8.77. The standard InChI is InChI=1S/C11H20N2/c1-4-7-12-10-11(2)5-8-13(3)9-6-11/h1,12H,5-10H2,2-3H3. The summed E-state index contributed by atoms with van der Waals surface area (Å²) in [5.74, 6) is 2.61. The second-order valence-electron chi connectivity index (χ2n) is 4.42. The number of hydrogen-bond acceptors (Lipinski definition) is 2. The van der Waals surface area contributed by atoms with Crippen molar-refractivity contribution >= 4 is 0 Å². The van der Waals surface area contributed by atoms with E-state index in [0.717, 1.165) is 6.54 Å². The number of hydrogen-bond donors (Lipinski definition) is 1. The van der Waals surface area contributed by atoms with Crippen LogP contribution in [0.5, 0.6) is 0 Å². The molecule has 0 bridgehead atoms. The van der Waals surface area contributed by atoms with Gasteiger partial charge in [0, 0.05) is 6.54 Å². The Hall–Kier alpha value is -0.520. The molecular weight excluding hydrogens is 160 g/mol. The van der Waals surface area contributed by atoms with E-state index in [0.29, 0.717) is 12.0 Å². The van der Waals surface area contributed by atoms with Crippen LogP contribution in [0.4, 0.5) is 0 Å². The average Bonchev–Trinajstić information content (AvgIpc) is 2.12. The number of terminal acetylenes is 1. The highest BCUT2D eigenvalue weighted by Gasteiger charge is 2.27. The molecule has 2 heteroatoms. The van der Waals surface area contributed by atoms with Crippen LogP contribution in [0.15, 0.2) is 0 Å². The summed E-state index contributed by atoms with van der Waals surface area (Å²) in [4.78, 5) is 2.39. The van der Waals surface area contributed by atoms with Crippen LogP contribution in [-0.2, 0) is 0 Å². The summed E-state index contributed by atoms with van der Waals surface area (Å²) < 4.78 is 0. The van der Waals surface area contributed by atoms with Gasteiger partial charge in [-0.1, -0.05) is 12.8 Å². The van der Waals surface area contributed by atoms with Gasteiger partial charge in [0.05, 0.1) is 6.54 Å². The molecule has 0 aliphatic carbocycles. The fraction of sp³-hybridized carbons (Fsp3) is 0.818. The van der Waals surface area contributed by atoms with Crippen molar-refractivity contribution in [1.82, 2.24) is 10.2 Å². The second kappa shape index (κ2) is 4.64. The van der Waals surface area contributed by atoms with Crippen LogP contribution in [0.3, 0.4) is 0 Å². The highest BCUT2D eigenvalue weighted by atomic mass is 15.1. The number of nitrogens with one attached hydrogen (secondary N) is 1. The molecule has 0 aromatic carbocycles. The van der Waals surface area contributed by atoms with E-state index in [9.17, 15) is 0 Å². The van der Waals surface area contributed by atoms with Crippen molar-refractivity contribution in [2.24, 2.45) is 5.41 Å². The first-order chi connectivity index (χ1) is 6.16. The Morgan fingerprint density at radius 3 is 2.62 bits per heavy atom. The zero-order valence-corrected chi connectivity index (χ0v) is 8.77. The van der Waals surface area contributed by atoms with Gasteiger partial charge >= 0.3 is 0 Å². The van der Waals surface area contributed by atoms with E-state index in [1.807, 2.05) is 0 Å². The topological polar surface area (TPSA) is 15.3 Å². The number of nitrogens with zero attached hydrogens (tertiary/aromatic N) is 1. The van der Waals surface area contributed by atoms with Crippen molar-refractivity contribution in [2.45, 2.75) is 19.8 Å².